The van der Waals surface area contributed by atoms with Crippen molar-refractivity contribution in [2.24, 2.45) is 0 Å². The first-order valence-corrected chi connectivity index (χ1v) is 6.71. The molecule has 0 amide bonds. The highest BCUT2D eigenvalue weighted by Gasteiger charge is 2.06. The van der Waals surface area contributed by atoms with Gasteiger partial charge in [-0.25, -0.2) is 0 Å². The molecule has 0 spiro atoms. The molecule has 3 aromatic rings. The van der Waals surface area contributed by atoms with Crippen LogP contribution in [-0.2, 0) is 6.42 Å². The standard InChI is InChI=1S/C13H14N4S/c1-3-10-4-6-11(7-5-10)14-13-15-12-8-9(2)16-17(12)18-13/h4-8H,3H2,1-2H3,(H,14,15). The molecule has 0 unspecified atom stereocenters. The molecule has 92 valence electrons. The molecule has 2 aromatic heterocycles. The van der Waals surface area contributed by atoms with Gasteiger partial charge in [0.05, 0.1) is 5.69 Å². The average molecular weight is 258 g/mol. The summed E-state index contributed by atoms with van der Waals surface area (Å²) in [6.07, 6.45) is 1.06. The molecule has 0 saturated heterocycles. The number of nitrogens with one attached hydrogen (secondary N) is 1. The van der Waals surface area contributed by atoms with Crippen LogP contribution in [0.2, 0.25) is 0 Å². The summed E-state index contributed by atoms with van der Waals surface area (Å²) in [5.74, 6) is 0. The molecule has 2 heterocycles. The van der Waals surface area contributed by atoms with Gasteiger partial charge in [0.1, 0.15) is 0 Å². The molecule has 4 nitrogen and oxygen atoms in total. The highest BCUT2D eigenvalue weighted by Crippen LogP contribution is 2.22. The summed E-state index contributed by atoms with van der Waals surface area (Å²) >= 11 is 1.51. The zero-order chi connectivity index (χ0) is 12.5. The molecule has 0 aliphatic heterocycles. The first-order chi connectivity index (χ1) is 8.74. The maximum Gasteiger partial charge on any atom is 0.207 e. The van der Waals surface area contributed by atoms with Crippen molar-refractivity contribution in [3.63, 3.8) is 0 Å². The number of benzene rings is 1. The number of rotatable bonds is 3. The van der Waals surface area contributed by atoms with Gasteiger partial charge in [0.2, 0.25) is 5.13 Å². The Labute approximate surface area is 109 Å². The monoisotopic (exact) mass is 258 g/mol. The number of nitrogens with zero attached hydrogens (tertiary/aromatic N) is 3. The van der Waals surface area contributed by atoms with Crippen LogP contribution in [0.5, 0.6) is 0 Å². The Kier molecular flexibility index (Phi) is 2.76. The van der Waals surface area contributed by atoms with E-state index in [0.29, 0.717) is 0 Å². The maximum atomic E-state index is 4.48. The molecular formula is C13H14N4S. The number of aromatic nitrogens is 3. The van der Waals surface area contributed by atoms with Gasteiger partial charge in [-0.2, -0.15) is 14.0 Å². The van der Waals surface area contributed by atoms with Crippen LogP contribution in [-0.4, -0.2) is 14.0 Å². The van der Waals surface area contributed by atoms with Crippen molar-refractivity contribution in [3.8, 4) is 0 Å². The average Bonchev–Trinajstić information content (AvgIpc) is 2.86. The largest absolute Gasteiger partial charge is 0.330 e. The highest BCUT2D eigenvalue weighted by atomic mass is 32.1. The molecular weight excluding hydrogens is 244 g/mol. The molecule has 18 heavy (non-hydrogen) atoms. The van der Waals surface area contributed by atoms with Crippen molar-refractivity contribution in [1.29, 1.82) is 0 Å². The van der Waals surface area contributed by atoms with Gasteiger partial charge in [0, 0.05) is 23.3 Å². The van der Waals surface area contributed by atoms with Gasteiger partial charge in [-0.05, 0) is 31.0 Å². The third-order valence-corrected chi connectivity index (χ3v) is 3.59. The van der Waals surface area contributed by atoms with E-state index >= 15 is 0 Å². The zero-order valence-corrected chi connectivity index (χ0v) is 11.2. The van der Waals surface area contributed by atoms with Crippen LogP contribution in [0, 0.1) is 6.92 Å². The van der Waals surface area contributed by atoms with E-state index in [2.05, 4.69) is 46.6 Å². The third-order valence-electron chi connectivity index (χ3n) is 2.79. The summed E-state index contributed by atoms with van der Waals surface area (Å²) in [6.45, 7) is 4.12. The van der Waals surface area contributed by atoms with Crippen molar-refractivity contribution in [2.45, 2.75) is 20.3 Å². The molecule has 1 aromatic carbocycles. The van der Waals surface area contributed by atoms with E-state index < -0.39 is 0 Å². The predicted molar refractivity (Wildman–Crippen MR) is 74.7 cm³/mol. The number of anilines is 2. The SMILES string of the molecule is CCc1ccc(Nc2nc3cc(C)nn3s2)cc1. The Morgan fingerprint density at radius 1 is 1.28 bits per heavy atom. The summed E-state index contributed by atoms with van der Waals surface area (Å²) < 4.78 is 1.83. The summed E-state index contributed by atoms with van der Waals surface area (Å²) in [5.41, 5.74) is 4.28. The number of hydrogen-bond donors (Lipinski definition) is 1. The number of hydrogen-bond acceptors (Lipinski definition) is 4. The van der Waals surface area contributed by atoms with Crippen molar-refractivity contribution >= 4 is 28.0 Å². The molecule has 1 N–H and O–H groups in total. The van der Waals surface area contributed by atoms with E-state index in [1.165, 1.54) is 17.1 Å². The Hall–Kier alpha value is -1.88. The van der Waals surface area contributed by atoms with E-state index in [0.717, 1.165) is 28.6 Å². The normalized spacial score (nSPS) is 11.0. The fourth-order valence-electron chi connectivity index (χ4n) is 1.81. The van der Waals surface area contributed by atoms with E-state index in [-0.39, 0.29) is 0 Å². The minimum Gasteiger partial charge on any atom is -0.330 e. The van der Waals surface area contributed by atoms with Crippen molar-refractivity contribution in [3.05, 3.63) is 41.6 Å². The van der Waals surface area contributed by atoms with Gasteiger partial charge < -0.3 is 5.32 Å². The Bertz CT molecular complexity index is 634. The van der Waals surface area contributed by atoms with Gasteiger partial charge in [-0.1, -0.05) is 19.1 Å². The second-order valence-electron chi connectivity index (χ2n) is 4.20. The quantitative estimate of drug-likeness (QED) is 0.783. The van der Waals surface area contributed by atoms with Crippen LogP contribution in [0.15, 0.2) is 30.3 Å². The molecule has 0 radical (unpaired) electrons. The maximum absolute atomic E-state index is 4.48. The lowest BCUT2D eigenvalue weighted by atomic mass is 10.1. The van der Waals surface area contributed by atoms with Crippen LogP contribution in [0.1, 0.15) is 18.2 Å². The van der Waals surface area contributed by atoms with Crippen molar-refractivity contribution in [1.82, 2.24) is 14.0 Å². The van der Waals surface area contributed by atoms with Gasteiger partial charge in [0.15, 0.2) is 5.65 Å². The lowest BCUT2D eigenvalue weighted by Crippen LogP contribution is -1.89. The fourth-order valence-corrected chi connectivity index (χ4v) is 2.63. The summed E-state index contributed by atoms with van der Waals surface area (Å²) in [5, 5.41) is 8.50. The lowest BCUT2D eigenvalue weighted by molar-refractivity contribution is 1.02. The van der Waals surface area contributed by atoms with Crippen LogP contribution >= 0.6 is 11.5 Å². The number of aryl methyl sites for hydroxylation is 2. The van der Waals surface area contributed by atoms with Crippen LogP contribution in [0.25, 0.3) is 5.65 Å². The van der Waals surface area contributed by atoms with Crippen LogP contribution in [0.3, 0.4) is 0 Å². The Balaban J connectivity index is 1.83. The summed E-state index contributed by atoms with van der Waals surface area (Å²) in [7, 11) is 0. The molecule has 3 rings (SSSR count). The van der Waals surface area contributed by atoms with Gasteiger partial charge in [0.25, 0.3) is 0 Å². The smallest absolute Gasteiger partial charge is 0.207 e. The van der Waals surface area contributed by atoms with E-state index in [4.69, 9.17) is 0 Å². The summed E-state index contributed by atoms with van der Waals surface area (Å²) in [4.78, 5) is 4.48. The minimum atomic E-state index is 0.863. The van der Waals surface area contributed by atoms with Gasteiger partial charge >= 0.3 is 0 Å². The van der Waals surface area contributed by atoms with Crippen LogP contribution < -0.4 is 5.32 Å². The van der Waals surface area contributed by atoms with E-state index in [9.17, 15) is 0 Å². The lowest BCUT2D eigenvalue weighted by Gasteiger charge is -2.02. The van der Waals surface area contributed by atoms with Gasteiger partial charge in [-0.15, -0.1) is 0 Å². The molecule has 0 saturated carbocycles. The van der Waals surface area contributed by atoms with Crippen LogP contribution in [0.4, 0.5) is 10.8 Å². The van der Waals surface area contributed by atoms with E-state index in [1.807, 2.05) is 16.9 Å². The Morgan fingerprint density at radius 3 is 2.72 bits per heavy atom. The zero-order valence-electron chi connectivity index (χ0n) is 10.3. The second-order valence-corrected chi connectivity index (χ2v) is 5.12. The molecule has 0 aliphatic rings. The third kappa shape index (κ3) is 2.09. The predicted octanol–water partition coefficient (Wildman–Crippen LogP) is 3.41. The first-order valence-electron chi connectivity index (χ1n) is 5.94. The second kappa shape index (κ2) is 4.42. The van der Waals surface area contributed by atoms with E-state index in [1.54, 1.807) is 0 Å². The highest BCUT2D eigenvalue weighted by molar-refractivity contribution is 7.10. The topological polar surface area (TPSA) is 42.2 Å². The Morgan fingerprint density at radius 2 is 2.06 bits per heavy atom. The van der Waals surface area contributed by atoms with Crippen molar-refractivity contribution in [2.75, 3.05) is 5.32 Å². The minimum absolute atomic E-state index is 0.863. The molecule has 0 bridgehead atoms. The van der Waals surface area contributed by atoms with Gasteiger partial charge in [-0.3, -0.25) is 0 Å². The first kappa shape index (κ1) is 11.2. The molecule has 0 atom stereocenters. The fraction of sp³-hybridized carbons (Fsp3) is 0.231. The van der Waals surface area contributed by atoms with Crippen molar-refractivity contribution < 1.29 is 0 Å². The number of fused-ring (bicyclic) bond motifs is 1. The molecule has 0 aliphatic carbocycles. The summed E-state index contributed by atoms with van der Waals surface area (Å²) in [6, 6.07) is 10.4. The molecule has 5 heteroatoms. The molecule has 0 fully saturated rings.